The molecule has 0 aliphatic rings. The highest BCUT2D eigenvalue weighted by molar-refractivity contribution is 7.19. The lowest BCUT2D eigenvalue weighted by Gasteiger charge is -1.99. The van der Waals surface area contributed by atoms with Crippen LogP contribution in [0.1, 0.15) is 11.4 Å². The molecule has 0 N–H and O–H groups in total. The molecule has 0 amide bonds. The molecule has 9 heteroatoms. The maximum Gasteiger partial charge on any atom is 0.235 e. The molecular weight excluding hydrogens is 334 g/mol. The molecule has 24 heavy (non-hydrogen) atoms. The molecule has 0 radical (unpaired) electrons. The fourth-order valence-corrected chi connectivity index (χ4v) is 3.60. The van der Waals surface area contributed by atoms with Gasteiger partial charge in [-0.25, -0.2) is 8.78 Å². The largest absolute Gasteiger partial charge is 0.272 e. The van der Waals surface area contributed by atoms with E-state index in [1.54, 1.807) is 9.20 Å². The van der Waals surface area contributed by atoms with Gasteiger partial charge in [-0.15, -0.1) is 10.2 Å². The van der Waals surface area contributed by atoms with E-state index in [1.807, 2.05) is 20.9 Å². The van der Waals surface area contributed by atoms with Gasteiger partial charge in [0.1, 0.15) is 0 Å². The van der Waals surface area contributed by atoms with E-state index in [1.165, 1.54) is 17.4 Å². The molecule has 0 fully saturated rings. The van der Waals surface area contributed by atoms with Crippen LogP contribution in [0.4, 0.5) is 8.78 Å². The van der Waals surface area contributed by atoms with E-state index >= 15 is 0 Å². The van der Waals surface area contributed by atoms with E-state index in [2.05, 4.69) is 20.4 Å². The third kappa shape index (κ3) is 2.12. The van der Waals surface area contributed by atoms with Gasteiger partial charge < -0.3 is 0 Å². The molecule has 0 unspecified atom stereocenters. The average Bonchev–Trinajstić information content (AvgIpc) is 3.16. The highest BCUT2D eigenvalue weighted by atomic mass is 32.1. The van der Waals surface area contributed by atoms with Crippen LogP contribution < -0.4 is 0 Å². The first-order chi connectivity index (χ1) is 11.5. The highest BCUT2D eigenvalue weighted by Crippen LogP contribution is 2.32. The van der Waals surface area contributed by atoms with Crippen LogP contribution in [-0.4, -0.2) is 29.6 Å². The molecule has 0 aliphatic carbocycles. The van der Waals surface area contributed by atoms with Crippen LogP contribution in [0.25, 0.3) is 26.9 Å². The lowest BCUT2D eigenvalue weighted by atomic mass is 10.2. The van der Waals surface area contributed by atoms with E-state index in [0.717, 1.165) is 34.1 Å². The van der Waals surface area contributed by atoms with Crippen LogP contribution in [0.15, 0.2) is 18.2 Å². The van der Waals surface area contributed by atoms with Gasteiger partial charge in [-0.1, -0.05) is 11.3 Å². The highest BCUT2D eigenvalue weighted by Gasteiger charge is 2.20. The first kappa shape index (κ1) is 14.9. The van der Waals surface area contributed by atoms with Gasteiger partial charge in [-0.3, -0.25) is 4.68 Å². The molecule has 3 aromatic heterocycles. The van der Waals surface area contributed by atoms with E-state index in [0.29, 0.717) is 16.3 Å². The summed E-state index contributed by atoms with van der Waals surface area (Å²) < 4.78 is 30.0. The Morgan fingerprint density at radius 2 is 1.83 bits per heavy atom. The maximum atomic E-state index is 13.5. The molecule has 0 spiro atoms. The molecule has 0 aliphatic heterocycles. The SMILES string of the molecule is Cc1nn(C)c(C)c1-c1nn2c(-c3ccc(F)c(F)c3)nnc2s1. The van der Waals surface area contributed by atoms with Gasteiger partial charge in [0.25, 0.3) is 0 Å². The van der Waals surface area contributed by atoms with Crippen molar-refractivity contribution in [1.29, 1.82) is 0 Å². The number of rotatable bonds is 2. The lowest BCUT2D eigenvalue weighted by molar-refractivity contribution is 0.509. The van der Waals surface area contributed by atoms with Gasteiger partial charge >= 0.3 is 0 Å². The number of aryl methyl sites for hydroxylation is 2. The molecule has 3 heterocycles. The second kappa shape index (κ2) is 5.17. The number of nitrogens with zero attached hydrogens (tertiary/aromatic N) is 6. The maximum absolute atomic E-state index is 13.5. The van der Waals surface area contributed by atoms with Crippen molar-refractivity contribution in [2.75, 3.05) is 0 Å². The van der Waals surface area contributed by atoms with Crippen LogP contribution in [0.5, 0.6) is 0 Å². The molecule has 4 aromatic rings. The summed E-state index contributed by atoms with van der Waals surface area (Å²) in [6.07, 6.45) is 0. The van der Waals surface area contributed by atoms with Crippen LogP contribution >= 0.6 is 11.3 Å². The van der Waals surface area contributed by atoms with Gasteiger partial charge in [0.2, 0.25) is 4.96 Å². The van der Waals surface area contributed by atoms with E-state index in [4.69, 9.17) is 0 Å². The minimum Gasteiger partial charge on any atom is -0.272 e. The van der Waals surface area contributed by atoms with Crippen LogP contribution in [0.2, 0.25) is 0 Å². The Balaban J connectivity index is 1.88. The van der Waals surface area contributed by atoms with Crippen molar-refractivity contribution in [3.05, 3.63) is 41.2 Å². The summed E-state index contributed by atoms with van der Waals surface area (Å²) in [5, 5.41) is 17.8. The summed E-state index contributed by atoms with van der Waals surface area (Å²) in [6.45, 7) is 3.88. The fourth-order valence-electron chi connectivity index (χ4n) is 2.62. The van der Waals surface area contributed by atoms with Crippen molar-refractivity contribution in [3.63, 3.8) is 0 Å². The van der Waals surface area contributed by atoms with Gasteiger partial charge in [-0.2, -0.15) is 14.7 Å². The summed E-state index contributed by atoms with van der Waals surface area (Å²) in [6, 6.07) is 3.61. The van der Waals surface area contributed by atoms with Gasteiger partial charge in [-0.05, 0) is 32.0 Å². The minimum atomic E-state index is -0.932. The zero-order valence-electron chi connectivity index (χ0n) is 13.1. The Hall–Kier alpha value is -2.68. The van der Waals surface area contributed by atoms with Crippen molar-refractivity contribution in [3.8, 4) is 22.0 Å². The Bertz CT molecular complexity index is 1080. The van der Waals surface area contributed by atoms with Crippen molar-refractivity contribution < 1.29 is 8.78 Å². The quantitative estimate of drug-likeness (QED) is 0.559. The standard InChI is InChI=1S/C15H12F2N6S/c1-7-12(8(2)22(3)20-7)14-21-23-13(18-19-15(23)24-14)9-4-5-10(16)11(17)6-9/h4-6H,1-3H3. The van der Waals surface area contributed by atoms with Crippen LogP contribution in [0.3, 0.4) is 0 Å². The van der Waals surface area contributed by atoms with Crippen LogP contribution in [-0.2, 0) is 7.05 Å². The van der Waals surface area contributed by atoms with Gasteiger partial charge in [0.15, 0.2) is 22.5 Å². The summed E-state index contributed by atoms with van der Waals surface area (Å²) in [5.74, 6) is -1.47. The molecule has 4 rings (SSSR count). The van der Waals surface area contributed by atoms with Crippen LogP contribution in [0, 0.1) is 25.5 Å². The number of hydrogen-bond acceptors (Lipinski definition) is 5. The summed E-state index contributed by atoms with van der Waals surface area (Å²) in [4.78, 5) is 0.576. The minimum absolute atomic E-state index is 0.366. The third-order valence-corrected chi connectivity index (χ3v) is 4.81. The van der Waals surface area contributed by atoms with E-state index in [9.17, 15) is 8.78 Å². The molecule has 1 aromatic carbocycles. The molecule has 0 saturated heterocycles. The monoisotopic (exact) mass is 346 g/mol. The number of benzene rings is 1. The average molecular weight is 346 g/mol. The summed E-state index contributed by atoms with van der Waals surface area (Å²) in [7, 11) is 1.87. The fraction of sp³-hybridized carbons (Fsp3) is 0.200. The molecule has 0 atom stereocenters. The summed E-state index contributed by atoms with van der Waals surface area (Å²) in [5.41, 5.74) is 3.23. The van der Waals surface area contributed by atoms with Crippen molar-refractivity contribution >= 4 is 16.3 Å². The van der Waals surface area contributed by atoms with Crippen molar-refractivity contribution in [2.45, 2.75) is 13.8 Å². The van der Waals surface area contributed by atoms with E-state index in [-0.39, 0.29) is 0 Å². The third-order valence-electron chi connectivity index (χ3n) is 3.89. The Morgan fingerprint density at radius 1 is 1.04 bits per heavy atom. The smallest absolute Gasteiger partial charge is 0.235 e. The first-order valence-electron chi connectivity index (χ1n) is 7.14. The van der Waals surface area contributed by atoms with E-state index < -0.39 is 11.6 Å². The molecule has 6 nitrogen and oxygen atoms in total. The number of hydrogen-bond donors (Lipinski definition) is 0. The Labute approximate surface area is 139 Å². The second-order valence-corrected chi connectivity index (χ2v) is 6.38. The lowest BCUT2D eigenvalue weighted by Crippen LogP contribution is -1.94. The number of fused-ring (bicyclic) bond motifs is 1. The van der Waals surface area contributed by atoms with Crippen molar-refractivity contribution in [1.82, 2.24) is 29.6 Å². The normalized spacial score (nSPS) is 11.5. The Morgan fingerprint density at radius 3 is 2.50 bits per heavy atom. The Kier molecular flexibility index (Phi) is 3.20. The second-order valence-electron chi connectivity index (χ2n) is 5.42. The predicted octanol–water partition coefficient (Wildman–Crippen LogP) is 3.15. The molecule has 122 valence electrons. The topological polar surface area (TPSA) is 60.9 Å². The van der Waals surface area contributed by atoms with Crippen molar-refractivity contribution in [2.24, 2.45) is 7.05 Å². The predicted molar refractivity (Wildman–Crippen MR) is 85.7 cm³/mol. The zero-order chi connectivity index (χ0) is 17.0. The first-order valence-corrected chi connectivity index (χ1v) is 7.95. The molecule has 0 bridgehead atoms. The number of halogens is 2. The number of aromatic nitrogens is 6. The molecular formula is C15H12F2N6S. The summed E-state index contributed by atoms with van der Waals surface area (Å²) >= 11 is 1.37. The molecule has 0 saturated carbocycles. The van der Waals surface area contributed by atoms with Gasteiger partial charge in [0, 0.05) is 18.3 Å². The van der Waals surface area contributed by atoms with Gasteiger partial charge in [0.05, 0.1) is 11.3 Å². The zero-order valence-corrected chi connectivity index (χ0v) is 13.9.